The van der Waals surface area contributed by atoms with Gasteiger partial charge in [0.25, 0.3) is 5.91 Å². The summed E-state index contributed by atoms with van der Waals surface area (Å²) >= 11 is 13.0. The van der Waals surface area contributed by atoms with Crippen LogP contribution in [0, 0.1) is 0 Å². The van der Waals surface area contributed by atoms with Gasteiger partial charge in [-0.15, -0.1) is 0 Å². The summed E-state index contributed by atoms with van der Waals surface area (Å²) in [5.41, 5.74) is 1.69. The minimum Gasteiger partial charge on any atom is -0.298 e. The summed E-state index contributed by atoms with van der Waals surface area (Å²) < 4.78 is 0. The van der Waals surface area contributed by atoms with Gasteiger partial charge in [-0.05, 0) is 18.2 Å². The molecule has 0 unspecified atom stereocenters. The van der Waals surface area contributed by atoms with E-state index in [0.29, 0.717) is 31.3 Å². The summed E-state index contributed by atoms with van der Waals surface area (Å²) in [6.07, 6.45) is 0. The maximum atomic E-state index is 12.4. The molecule has 126 valence electrons. The maximum Gasteiger partial charge on any atom is 0.257 e. The molecule has 3 aromatic rings. The minimum absolute atomic E-state index is 0.109. The number of hydrogen-bond donors (Lipinski definition) is 1. The van der Waals surface area contributed by atoms with Crippen molar-refractivity contribution < 1.29 is 9.59 Å². The van der Waals surface area contributed by atoms with Gasteiger partial charge in [-0.25, -0.2) is 4.98 Å². The third-order valence-electron chi connectivity index (χ3n) is 3.34. The zero-order valence-electron chi connectivity index (χ0n) is 13.0. The van der Waals surface area contributed by atoms with Crippen molar-refractivity contribution in [1.29, 1.82) is 0 Å². The molecule has 25 heavy (non-hydrogen) atoms. The van der Waals surface area contributed by atoms with Crippen molar-refractivity contribution in [1.82, 2.24) is 4.98 Å². The average molecular weight is 391 g/mol. The van der Waals surface area contributed by atoms with Gasteiger partial charge in [0.15, 0.2) is 10.9 Å². The lowest BCUT2D eigenvalue weighted by Crippen LogP contribution is -2.11. The van der Waals surface area contributed by atoms with Crippen LogP contribution in [0.1, 0.15) is 27.0 Å². The molecule has 0 atom stereocenters. The summed E-state index contributed by atoms with van der Waals surface area (Å²) in [7, 11) is 0. The van der Waals surface area contributed by atoms with Gasteiger partial charge in [0.2, 0.25) is 0 Å². The molecule has 0 aliphatic heterocycles. The van der Waals surface area contributed by atoms with E-state index in [1.807, 2.05) is 30.3 Å². The highest BCUT2D eigenvalue weighted by Gasteiger charge is 2.18. The van der Waals surface area contributed by atoms with E-state index in [1.165, 1.54) is 19.1 Å². The Morgan fingerprint density at radius 1 is 1.04 bits per heavy atom. The lowest BCUT2D eigenvalue weighted by Gasteiger charge is -2.03. The number of benzene rings is 2. The molecule has 1 amide bonds. The topological polar surface area (TPSA) is 59.1 Å². The Hall–Kier alpha value is -2.21. The van der Waals surface area contributed by atoms with Crippen LogP contribution in [-0.2, 0) is 0 Å². The van der Waals surface area contributed by atoms with Crippen LogP contribution in [0.4, 0.5) is 5.13 Å². The first-order chi connectivity index (χ1) is 11.9. The first-order valence-corrected chi connectivity index (χ1v) is 8.86. The molecule has 3 rings (SSSR count). The lowest BCUT2D eigenvalue weighted by atomic mass is 10.1. The van der Waals surface area contributed by atoms with Gasteiger partial charge in [0, 0.05) is 28.1 Å². The fraction of sp³-hybridized carbons (Fsp3) is 0.0556. The van der Waals surface area contributed by atoms with E-state index in [4.69, 9.17) is 23.2 Å². The monoisotopic (exact) mass is 390 g/mol. The summed E-state index contributed by atoms with van der Waals surface area (Å²) in [4.78, 5) is 29.2. The predicted octanol–water partition coefficient (Wildman–Crippen LogP) is 5.57. The SMILES string of the molecule is CC(=O)c1sc(NC(=O)c2cc(Cl)cc(Cl)c2)nc1-c1ccccc1. The first kappa shape index (κ1) is 17.6. The van der Waals surface area contributed by atoms with Gasteiger partial charge in [0.05, 0.1) is 10.6 Å². The molecular weight excluding hydrogens is 379 g/mol. The molecule has 0 aliphatic rings. The van der Waals surface area contributed by atoms with Crippen LogP contribution in [0.25, 0.3) is 11.3 Å². The summed E-state index contributed by atoms with van der Waals surface area (Å²) in [6, 6.07) is 13.9. The number of carbonyl (C=O) groups is 2. The Bertz CT molecular complexity index is 935. The van der Waals surface area contributed by atoms with E-state index in [0.717, 1.165) is 16.9 Å². The van der Waals surface area contributed by atoms with Gasteiger partial charge < -0.3 is 0 Å². The van der Waals surface area contributed by atoms with Crippen molar-refractivity contribution in [3.05, 3.63) is 69.0 Å². The Morgan fingerprint density at radius 3 is 2.28 bits per heavy atom. The quantitative estimate of drug-likeness (QED) is 0.592. The second-order valence-electron chi connectivity index (χ2n) is 5.23. The van der Waals surface area contributed by atoms with Crippen LogP contribution in [0.2, 0.25) is 10.0 Å². The Kier molecular flexibility index (Phi) is 5.18. The molecule has 0 aliphatic carbocycles. The van der Waals surface area contributed by atoms with E-state index >= 15 is 0 Å². The molecule has 1 heterocycles. The highest BCUT2D eigenvalue weighted by atomic mass is 35.5. The molecule has 7 heteroatoms. The van der Waals surface area contributed by atoms with Gasteiger partial charge in [-0.2, -0.15) is 0 Å². The van der Waals surface area contributed by atoms with Crippen LogP contribution in [-0.4, -0.2) is 16.7 Å². The number of anilines is 1. The normalized spacial score (nSPS) is 10.5. The number of carbonyl (C=O) groups excluding carboxylic acids is 2. The summed E-state index contributed by atoms with van der Waals surface area (Å²) in [5, 5.41) is 3.77. The number of hydrogen-bond acceptors (Lipinski definition) is 4. The lowest BCUT2D eigenvalue weighted by molar-refractivity contribution is 0.101. The fourth-order valence-corrected chi connectivity index (χ4v) is 3.66. The number of ketones is 1. The van der Waals surface area contributed by atoms with E-state index in [1.54, 1.807) is 6.07 Å². The van der Waals surface area contributed by atoms with Crippen LogP contribution >= 0.6 is 34.5 Å². The van der Waals surface area contributed by atoms with Crippen molar-refractivity contribution in [3.8, 4) is 11.3 Å². The number of aromatic nitrogens is 1. The number of nitrogens with one attached hydrogen (secondary N) is 1. The van der Waals surface area contributed by atoms with Gasteiger partial charge in [-0.1, -0.05) is 64.9 Å². The Morgan fingerprint density at radius 2 is 1.68 bits per heavy atom. The van der Waals surface area contributed by atoms with Crippen molar-refractivity contribution in [3.63, 3.8) is 0 Å². The summed E-state index contributed by atoms with van der Waals surface area (Å²) in [6.45, 7) is 1.47. The molecule has 0 bridgehead atoms. The van der Waals surface area contributed by atoms with E-state index in [-0.39, 0.29) is 5.78 Å². The first-order valence-electron chi connectivity index (χ1n) is 7.28. The molecule has 0 radical (unpaired) electrons. The molecule has 1 N–H and O–H groups in total. The van der Waals surface area contributed by atoms with Crippen LogP contribution in [0.5, 0.6) is 0 Å². The fourth-order valence-electron chi connectivity index (χ4n) is 2.26. The third kappa shape index (κ3) is 4.07. The molecule has 0 saturated heterocycles. The van der Waals surface area contributed by atoms with E-state index in [2.05, 4.69) is 10.3 Å². The molecule has 2 aromatic carbocycles. The van der Waals surface area contributed by atoms with Crippen molar-refractivity contribution in [2.45, 2.75) is 6.92 Å². The second kappa shape index (κ2) is 7.35. The van der Waals surface area contributed by atoms with Crippen molar-refractivity contribution >= 4 is 51.4 Å². The highest BCUT2D eigenvalue weighted by molar-refractivity contribution is 7.18. The molecule has 0 fully saturated rings. The van der Waals surface area contributed by atoms with Crippen molar-refractivity contribution in [2.24, 2.45) is 0 Å². The number of Topliss-reactive ketones (excluding diaryl/α,β-unsaturated/α-hetero) is 1. The minimum atomic E-state index is -0.395. The zero-order chi connectivity index (χ0) is 18.0. The largest absolute Gasteiger partial charge is 0.298 e. The highest BCUT2D eigenvalue weighted by Crippen LogP contribution is 2.32. The van der Waals surface area contributed by atoms with Crippen molar-refractivity contribution in [2.75, 3.05) is 5.32 Å². The molecular formula is C18H12Cl2N2O2S. The Labute approximate surface area is 158 Å². The number of nitrogens with zero attached hydrogens (tertiary/aromatic N) is 1. The molecule has 4 nitrogen and oxygen atoms in total. The average Bonchev–Trinajstić information content (AvgIpc) is 2.99. The predicted molar refractivity (Wildman–Crippen MR) is 102 cm³/mol. The van der Waals surface area contributed by atoms with Crippen LogP contribution in [0.3, 0.4) is 0 Å². The van der Waals surface area contributed by atoms with Gasteiger partial charge >= 0.3 is 0 Å². The molecule has 0 saturated carbocycles. The van der Waals surface area contributed by atoms with E-state index < -0.39 is 5.91 Å². The summed E-state index contributed by atoms with van der Waals surface area (Å²) in [5.74, 6) is -0.504. The standard InChI is InChI=1S/C18H12Cl2N2O2S/c1-10(23)16-15(11-5-3-2-4-6-11)21-18(25-16)22-17(24)12-7-13(19)9-14(20)8-12/h2-9H,1H3,(H,21,22,24). The number of amides is 1. The Balaban J connectivity index is 1.93. The molecule has 1 aromatic heterocycles. The number of rotatable bonds is 4. The maximum absolute atomic E-state index is 12.4. The number of halogens is 2. The second-order valence-corrected chi connectivity index (χ2v) is 7.10. The smallest absolute Gasteiger partial charge is 0.257 e. The third-order valence-corrected chi connectivity index (χ3v) is 4.85. The number of thiazole rings is 1. The van der Waals surface area contributed by atoms with Gasteiger partial charge in [-0.3, -0.25) is 14.9 Å². The zero-order valence-corrected chi connectivity index (χ0v) is 15.4. The van der Waals surface area contributed by atoms with Crippen LogP contribution in [0.15, 0.2) is 48.5 Å². The van der Waals surface area contributed by atoms with Crippen LogP contribution < -0.4 is 5.32 Å². The van der Waals surface area contributed by atoms with Gasteiger partial charge in [0.1, 0.15) is 0 Å². The molecule has 0 spiro atoms. The van der Waals surface area contributed by atoms with E-state index in [9.17, 15) is 9.59 Å².